The highest BCUT2D eigenvalue weighted by Gasteiger charge is 2.05. The summed E-state index contributed by atoms with van der Waals surface area (Å²) < 4.78 is 0. The molecule has 1 heteroatoms. The van der Waals surface area contributed by atoms with Crippen molar-refractivity contribution in [2.75, 3.05) is 0 Å². The first-order chi connectivity index (χ1) is 7.66. The largest absolute Gasteiger partial charge is 0.393 e. The van der Waals surface area contributed by atoms with Gasteiger partial charge < -0.3 is 5.11 Å². The topological polar surface area (TPSA) is 20.2 Å². The summed E-state index contributed by atoms with van der Waals surface area (Å²) in [6.07, 6.45) is 13.3. The molecule has 0 bridgehead atoms. The summed E-state index contributed by atoms with van der Waals surface area (Å²) in [5.74, 6) is 0.695. The Morgan fingerprint density at radius 1 is 0.812 bits per heavy atom. The first-order valence-corrected chi connectivity index (χ1v) is 7.34. The highest BCUT2D eigenvalue weighted by atomic mass is 16.3. The number of rotatable bonds is 11. The van der Waals surface area contributed by atoms with Crippen LogP contribution < -0.4 is 0 Å². The van der Waals surface area contributed by atoms with Crippen molar-refractivity contribution in [3.05, 3.63) is 0 Å². The van der Waals surface area contributed by atoms with Crippen LogP contribution in [-0.4, -0.2) is 11.2 Å². The quantitative estimate of drug-likeness (QED) is 0.497. The standard InChI is InChI=1S/C15H32O/c1-4-5-6-7-8-9-10-11-12-14(2)13-15(3)16/h14-16H,4-13H2,1-3H3. The second kappa shape index (κ2) is 11.4. The van der Waals surface area contributed by atoms with E-state index in [-0.39, 0.29) is 6.10 Å². The van der Waals surface area contributed by atoms with Crippen LogP contribution in [0.4, 0.5) is 0 Å². The molecule has 0 aromatic heterocycles. The normalized spacial score (nSPS) is 15.0. The number of aliphatic hydroxyl groups is 1. The monoisotopic (exact) mass is 228 g/mol. The maximum Gasteiger partial charge on any atom is 0.0514 e. The molecule has 16 heavy (non-hydrogen) atoms. The molecule has 1 nitrogen and oxygen atoms in total. The predicted molar refractivity (Wildman–Crippen MR) is 72.7 cm³/mol. The van der Waals surface area contributed by atoms with Crippen molar-refractivity contribution in [3.8, 4) is 0 Å². The van der Waals surface area contributed by atoms with E-state index in [1.807, 2.05) is 6.92 Å². The van der Waals surface area contributed by atoms with Crippen LogP contribution in [0.15, 0.2) is 0 Å². The lowest BCUT2D eigenvalue weighted by Gasteiger charge is -2.12. The summed E-state index contributed by atoms with van der Waals surface area (Å²) in [5.41, 5.74) is 0. The SMILES string of the molecule is CCCCCCCCCCC(C)CC(C)O. The van der Waals surface area contributed by atoms with Gasteiger partial charge in [0, 0.05) is 0 Å². The van der Waals surface area contributed by atoms with E-state index in [9.17, 15) is 5.11 Å². The highest BCUT2D eigenvalue weighted by molar-refractivity contribution is 4.58. The second-order valence-electron chi connectivity index (χ2n) is 5.45. The van der Waals surface area contributed by atoms with Crippen molar-refractivity contribution in [2.45, 2.75) is 91.1 Å². The minimum absolute atomic E-state index is 0.121. The number of unbranched alkanes of at least 4 members (excludes halogenated alkanes) is 7. The summed E-state index contributed by atoms with van der Waals surface area (Å²) >= 11 is 0. The molecule has 98 valence electrons. The van der Waals surface area contributed by atoms with Crippen molar-refractivity contribution in [1.82, 2.24) is 0 Å². The Labute approximate surface area is 103 Å². The van der Waals surface area contributed by atoms with E-state index in [4.69, 9.17) is 0 Å². The summed E-state index contributed by atoms with van der Waals surface area (Å²) in [5, 5.41) is 9.25. The van der Waals surface area contributed by atoms with Gasteiger partial charge in [-0.05, 0) is 19.3 Å². The van der Waals surface area contributed by atoms with Crippen molar-refractivity contribution in [2.24, 2.45) is 5.92 Å². The molecule has 0 aliphatic carbocycles. The van der Waals surface area contributed by atoms with Crippen LogP contribution in [-0.2, 0) is 0 Å². The van der Waals surface area contributed by atoms with Gasteiger partial charge in [-0.25, -0.2) is 0 Å². The molecule has 0 aromatic rings. The zero-order valence-corrected chi connectivity index (χ0v) is 11.7. The fourth-order valence-corrected chi connectivity index (χ4v) is 2.33. The van der Waals surface area contributed by atoms with Crippen LogP contribution in [0.5, 0.6) is 0 Å². The lowest BCUT2D eigenvalue weighted by atomic mass is 9.97. The van der Waals surface area contributed by atoms with E-state index in [0.717, 1.165) is 6.42 Å². The van der Waals surface area contributed by atoms with Crippen LogP contribution in [0.3, 0.4) is 0 Å². The van der Waals surface area contributed by atoms with Gasteiger partial charge in [-0.15, -0.1) is 0 Å². The Kier molecular flexibility index (Phi) is 11.4. The molecule has 1 N–H and O–H groups in total. The molecule has 2 atom stereocenters. The van der Waals surface area contributed by atoms with Gasteiger partial charge in [0.1, 0.15) is 0 Å². The average Bonchev–Trinajstić information content (AvgIpc) is 2.21. The van der Waals surface area contributed by atoms with E-state index in [1.54, 1.807) is 0 Å². The summed E-state index contributed by atoms with van der Waals surface area (Å²) in [4.78, 5) is 0. The maximum atomic E-state index is 9.25. The molecule has 0 aliphatic heterocycles. The molecular weight excluding hydrogens is 196 g/mol. The van der Waals surface area contributed by atoms with Gasteiger partial charge in [-0.3, -0.25) is 0 Å². The summed E-state index contributed by atoms with van der Waals surface area (Å²) in [6.45, 7) is 6.42. The van der Waals surface area contributed by atoms with Gasteiger partial charge in [0.25, 0.3) is 0 Å². The molecule has 0 aliphatic rings. The molecular formula is C15H32O. The van der Waals surface area contributed by atoms with E-state index < -0.39 is 0 Å². The van der Waals surface area contributed by atoms with Crippen molar-refractivity contribution in [1.29, 1.82) is 0 Å². The van der Waals surface area contributed by atoms with Gasteiger partial charge in [0.15, 0.2) is 0 Å². The zero-order valence-electron chi connectivity index (χ0n) is 11.7. The number of hydrogen-bond donors (Lipinski definition) is 1. The zero-order chi connectivity index (χ0) is 12.2. The van der Waals surface area contributed by atoms with E-state index in [2.05, 4.69) is 13.8 Å². The number of hydrogen-bond acceptors (Lipinski definition) is 1. The van der Waals surface area contributed by atoms with Gasteiger partial charge in [-0.1, -0.05) is 71.6 Å². The molecule has 0 heterocycles. The van der Waals surface area contributed by atoms with Crippen molar-refractivity contribution < 1.29 is 5.11 Å². The van der Waals surface area contributed by atoms with Crippen LogP contribution in [0.1, 0.15) is 85.0 Å². The molecule has 0 saturated carbocycles. The van der Waals surface area contributed by atoms with E-state index in [1.165, 1.54) is 57.8 Å². The van der Waals surface area contributed by atoms with Gasteiger partial charge in [0.2, 0.25) is 0 Å². The third kappa shape index (κ3) is 12.0. The van der Waals surface area contributed by atoms with Gasteiger partial charge in [0.05, 0.1) is 6.10 Å². The lowest BCUT2D eigenvalue weighted by Crippen LogP contribution is -2.06. The predicted octanol–water partition coefficient (Wildman–Crippen LogP) is 4.92. The Bertz CT molecular complexity index is 131. The van der Waals surface area contributed by atoms with Crippen molar-refractivity contribution >= 4 is 0 Å². The third-order valence-corrected chi connectivity index (χ3v) is 3.29. The molecule has 0 aromatic carbocycles. The van der Waals surface area contributed by atoms with Crippen LogP contribution >= 0.6 is 0 Å². The lowest BCUT2D eigenvalue weighted by molar-refractivity contribution is 0.161. The Balaban J connectivity index is 3.08. The fraction of sp³-hybridized carbons (Fsp3) is 1.00. The second-order valence-corrected chi connectivity index (χ2v) is 5.45. The highest BCUT2D eigenvalue weighted by Crippen LogP contribution is 2.16. The Morgan fingerprint density at radius 2 is 1.31 bits per heavy atom. The molecule has 0 saturated heterocycles. The summed E-state index contributed by atoms with van der Waals surface area (Å²) in [7, 11) is 0. The Hall–Kier alpha value is -0.0400. The van der Waals surface area contributed by atoms with Crippen molar-refractivity contribution in [3.63, 3.8) is 0 Å². The third-order valence-electron chi connectivity index (χ3n) is 3.29. The van der Waals surface area contributed by atoms with Crippen LogP contribution in [0.25, 0.3) is 0 Å². The van der Waals surface area contributed by atoms with Gasteiger partial charge in [-0.2, -0.15) is 0 Å². The Morgan fingerprint density at radius 3 is 1.81 bits per heavy atom. The molecule has 0 spiro atoms. The number of aliphatic hydroxyl groups excluding tert-OH is 1. The molecule has 0 rings (SSSR count). The molecule has 0 amide bonds. The van der Waals surface area contributed by atoms with E-state index in [0.29, 0.717) is 5.92 Å². The molecule has 0 radical (unpaired) electrons. The maximum absolute atomic E-state index is 9.25. The fourth-order valence-electron chi connectivity index (χ4n) is 2.33. The first kappa shape index (κ1) is 16.0. The van der Waals surface area contributed by atoms with Crippen LogP contribution in [0, 0.1) is 5.92 Å². The summed E-state index contributed by atoms with van der Waals surface area (Å²) in [6, 6.07) is 0. The van der Waals surface area contributed by atoms with E-state index >= 15 is 0 Å². The smallest absolute Gasteiger partial charge is 0.0514 e. The minimum Gasteiger partial charge on any atom is -0.393 e. The molecule has 0 fully saturated rings. The van der Waals surface area contributed by atoms with Crippen LogP contribution in [0.2, 0.25) is 0 Å². The molecule has 2 unspecified atom stereocenters. The minimum atomic E-state index is -0.121. The first-order valence-electron chi connectivity index (χ1n) is 7.34. The average molecular weight is 228 g/mol. The van der Waals surface area contributed by atoms with Gasteiger partial charge >= 0.3 is 0 Å².